The normalized spacial score (nSPS) is 18.9. The van der Waals surface area contributed by atoms with E-state index in [1.165, 1.54) is 19.3 Å². The zero-order valence-corrected chi connectivity index (χ0v) is 8.33. The number of nitrogens with zero attached hydrogens (tertiary/aromatic N) is 2. The van der Waals surface area contributed by atoms with Crippen LogP contribution in [0.2, 0.25) is 0 Å². The maximum Gasteiger partial charge on any atom is 0.200 e. The van der Waals surface area contributed by atoms with Gasteiger partial charge in [-0.15, -0.1) is 0 Å². The van der Waals surface area contributed by atoms with E-state index in [2.05, 4.69) is 16.5 Å². The van der Waals surface area contributed by atoms with E-state index in [4.69, 9.17) is 5.73 Å². The van der Waals surface area contributed by atoms with Crippen molar-refractivity contribution in [2.24, 2.45) is 5.92 Å². The predicted octanol–water partition coefficient (Wildman–Crippen LogP) is 2.13. The third kappa shape index (κ3) is 1.85. The Labute approximate surface area is 79.0 Å². The molecule has 2 N–H and O–H groups in total. The van der Waals surface area contributed by atoms with E-state index >= 15 is 0 Å². The Morgan fingerprint density at radius 2 is 2.38 bits per heavy atom. The molecule has 1 aliphatic rings. The van der Waals surface area contributed by atoms with Gasteiger partial charge in [0.05, 0.1) is 5.69 Å². The molecular formula is C10H17N3. The Balaban J connectivity index is 2.08. The topological polar surface area (TPSA) is 43.8 Å². The number of imidazole rings is 1. The SMILES string of the molecule is Cc1cn(C(C)CC2CC2)c(N)n1. The van der Waals surface area contributed by atoms with Crippen molar-refractivity contribution in [3.8, 4) is 0 Å². The fourth-order valence-electron chi connectivity index (χ4n) is 1.84. The molecule has 3 heteroatoms. The summed E-state index contributed by atoms with van der Waals surface area (Å²) in [6.45, 7) is 4.20. The first-order chi connectivity index (χ1) is 6.16. The van der Waals surface area contributed by atoms with Crippen molar-refractivity contribution in [1.82, 2.24) is 9.55 Å². The summed E-state index contributed by atoms with van der Waals surface area (Å²) in [6.07, 6.45) is 6.10. The minimum Gasteiger partial charge on any atom is -0.369 e. The first kappa shape index (κ1) is 8.60. The van der Waals surface area contributed by atoms with Crippen molar-refractivity contribution in [3.63, 3.8) is 0 Å². The van der Waals surface area contributed by atoms with E-state index in [1.807, 2.05) is 13.1 Å². The Kier molecular flexibility index (Phi) is 2.02. The van der Waals surface area contributed by atoms with Crippen LogP contribution in [-0.4, -0.2) is 9.55 Å². The Bertz CT molecular complexity index is 299. The van der Waals surface area contributed by atoms with Crippen LogP contribution in [0, 0.1) is 12.8 Å². The second kappa shape index (κ2) is 3.05. The third-order valence-electron chi connectivity index (χ3n) is 2.73. The van der Waals surface area contributed by atoms with Crippen molar-refractivity contribution in [2.45, 2.75) is 39.2 Å². The van der Waals surface area contributed by atoms with Crippen molar-refractivity contribution in [1.29, 1.82) is 0 Å². The molecule has 1 heterocycles. The lowest BCUT2D eigenvalue weighted by Crippen LogP contribution is -2.08. The molecule has 1 aromatic heterocycles. The fourth-order valence-corrected chi connectivity index (χ4v) is 1.84. The van der Waals surface area contributed by atoms with Crippen molar-refractivity contribution in [2.75, 3.05) is 5.73 Å². The van der Waals surface area contributed by atoms with Crippen LogP contribution in [0.3, 0.4) is 0 Å². The molecule has 3 nitrogen and oxygen atoms in total. The largest absolute Gasteiger partial charge is 0.369 e. The van der Waals surface area contributed by atoms with Gasteiger partial charge in [0, 0.05) is 12.2 Å². The Morgan fingerprint density at radius 1 is 1.69 bits per heavy atom. The summed E-state index contributed by atoms with van der Waals surface area (Å²) < 4.78 is 2.09. The van der Waals surface area contributed by atoms with Gasteiger partial charge in [-0.1, -0.05) is 12.8 Å². The highest BCUT2D eigenvalue weighted by molar-refractivity contribution is 5.22. The number of nitrogen functional groups attached to an aromatic ring is 1. The number of nitrogens with two attached hydrogens (primary N) is 1. The fraction of sp³-hybridized carbons (Fsp3) is 0.700. The summed E-state index contributed by atoms with van der Waals surface area (Å²) in [7, 11) is 0. The quantitative estimate of drug-likeness (QED) is 0.772. The molecule has 1 aliphatic carbocycles. The molecule has 1 saturated carbocycles. The molecule has 1 atom stereocenters. The Hall–Kier alpha value is -0.990. The second-order valence-electron chi connectivity index (χ2n) is 4.18. The van der Waals surface area contributed by atoms with Crippen LogP contribution in [0.15, 0.2) is 6.20 Å². The molecule has 1 unspecified atom stereocenters. The number of hydrogen-bond acceptors (Lipinski definition) is 2. The molecular weight excluding hydrogens is 162 g/mol. The molecule has 0 spiro atoms. The number of anilines is 1. The van der Waals surface area contributed by atoms with Gasteiger partial charge in [0.15, 0.2) is 0 Å². The molecule has 0 saturated heterocycles. The standard InChI is InChI=1S/C10H17N3/c1-7-6-13(10(11)12-7)8(2)5-9-3-4-9/h6,8-9H,3-5H2,1-2H3,(H2,11,12). The van der Waals surface area contributed by atoms with Gasteiger partial charge >= 0.3 is 0 Å². The van der Waals surface area contributed by atoms with E-state index in [0.717, 1.165) is 11.6 Å². The molecule has 1 aromatic rings. The van der Waals surface area contributed by atoms with E-state index in [9.17, 15) is 0 Å². The molecule has 0 aromatic carbocycles. The molecule has 13 heavy (non-hydrogen) atoms. The highest BCUT2D eigenvalue weighted by Crippen LogP contribution is 2.37. The van der Waals surface area contributed by atoms with Crippen LogP contribution < -0.4 is 5.73 Å². The summed E-state index contributed by atoms with van der Waals surface area (Å²) in [4.78, 5) is 4.20. The summed E-state index contributed by atoms with van der Waals surface area (Å²) in [6, 6.07) is 0.508. The average molecular weight is 179 g/mol. The van der Waals surface area contributed by atoms with Gasteiger partial charge in [-0.3, -0.25) is 0 Å². The molecule has 1 fully saturated rings. The minimum absolute atomic E-state index is 0.508. The molecule has 0 bridgehead atoms. The second-order valence-corrected chi connectivity index (χ2v) is 4.18. The van der Waals surface area contributed by atoms with Crippen LogP contribution >= 0.6 is 0 Å². The van der Waals surface area contributed by atoms with Gasteiger partial charge in [-0.05, 0) is 26.2 Å². The van der Waals surface area contributed by atoms with Crippen LogP contribution in [0.4, 0.5) is 5.95 Å². The summed E-state index contributed by atoms with van der Waals surface area (Å²) in [5, 5.41) is 0. The lowest BCUT2D eigenvalue weighted by Gasteiger charge is -2.13. The van der Waals surface area contributed by atoms with E-state index in [1.54, 1.807) is 0 Å². The molecule has 0 aliphatic heterocycles. The molecule has 72 valence electrons. The summed E-state index contributed by atoms with van der Waals surface area (Å²) in [5.74, 6) is 1.60. The van der Waals surface area contributed by atoms with Gasteiger partial charge in [0.25, 0.3) is 0 Å². The number of aryl methyl sites for hydroxylation is 1. The van der Waals surface area contributed by atoms with E-state index in [0.29, 0.717) is 12.0 Å². The molecule has 2 rings (SSSR count). The van der Waals surface area contributed by atoms with Gasteiger partial charge in [-0.2, -0.15) is 0 Å². The van der Waals surface area contributed by atoms with E-state index < -0.39 is 0 Å². The Morgan fingerprint density at radius 3 is 2.85 bits per heavy atom. The maximum absolute atomic E-state index is 5.79. The third-order valence-corrected chi connectivity index (χ3v) is 2.73. The van der Waals surface area contributed by atoms with Crippen molar-refractivity contribution >= 4 is 5.95 Å². The number of rotatable bonds is 3. The maximum atomic E-state index is 5.79. The number of hydrogen-bond donors (Lipinski definition) is 1. The average Bonchev–Trinajstić information content (AvgIpc) is 2.77. The highest BCUT2D eigenvalue weighted by atomic mass is 15.2. The van der Waals surface area contributed by atoms with Crippen LogP contribution in [-0.2, 0) is 0 Å². The first-order valence-corrected chi connectivity index (χ1v) is 4.97. The predicted molar refractivity (Wildman–Crippen MR) is 53.4 cm³/mol. The van der Waals surface area contributed by atoms with Gasteiger partial charge in [0.1, 0.15) is 0 Å². The first-order valence-electron chi connectivity index (χ1n) is 4.97. The zero-order valence-electron chi connectivity index (χ0n) is 8.33. The van der Waals surface area contributed by atoms with Gasteiger partial charge in [-0.25, -0.2) is 4.98 Å². The van der Waals surface area contributed by atoms with Crippen LogP contribution in [0.1, 0.15) is 37.9 Å². The minimum atomic E-state index is 0.508. The van der Waals surface area contributed by atoms with Crippen molar-refractivity contribution < 1.29 is 0 Å². The zero-order chi connectivity index (χ0) is 9.42. The van der Waals surface area contributed by atoms with Gasteiger partial charge < -0.3 is 10.3 Å². The van der Waals surface area contributed by atoms with Crippen molar-refractivity contribution in [3.05, 3.63) is 11.9 Å². The van der Waals surface area contributed by atoms with Crippen LogP contribution in [0.25, 0.3) is 0 Å². The molecule has 0 amide bonds. The monoisotopic (exact) mass is 179 g/mol. The summed E-state index contributed by atoms with van der Waals surface area (Å²) >= 11 is 0. The van der Waals surface area contributed by atoms with Crippen LogP contribution in [0.5, 0.6) is 0 Å². The number of aromatic nitrogens is 2. The summed E-state index contributed by atoms with van der Waals surface area (Å²) in [5.41, 5.74) is 6.80. The smallest absolute Gasteiger partial charge is 0.200 e. The highest BCUT2D eigenvalue weighted by Gasteiger charge is 2.24. The van der Waals surface area contributed by atoms with E-state index in [-0.39, 0.29) is 0 Å². The molecule has 0 radical (unpaired) electrons. The van der Waals surface area contributed by atoms with Gasteiger partial charge in [0.2, 0.25) is 5.95 Å². The lowest BCUT2D eigenvalue weighted by atomic mass is 10.1. The lowest BCUT2D eigenvalue weighted by molar-refractivity contribution is 0.482.